The van der Waals surface area contributed by atoms with E-state index in [0.29, 0.717) is 0 Å². The zero-order valence-electron chi connectivity index (χ0n) is 13.3. The van der Waals surface area contributed by atoms with Crippen molar-refractivity contribution in [1.82, 2.24) is 10.1 Å². The summed E-state index contributed by atoms with van der Waals surface area (Å²) in [7, 11) is -3.99. The molecule has 1 aromatic rings. The monoisotopic (exact) mass is 381 g/mol. The van der Waals surface area contributed by atoms with E-state index in [9.17, 15) is 28.2 Å². The fraction of sp³-hybridized carbons (Fsp3) is 0.500. The van der Waals surface area contributed by atoms with E-state index in [1.165, 1.54) is 6.92 Å². The maximum Gasteiger partial charge on any atom is 1.00 e. The minimum atomic E-state index is -3.99. The molecule has 0 bridgehead atoms. The predicted octanol–water partition coefficient (Wildman–Crippen LogP) is -4.55. The van der Waals surface area contributed by atoms with Gasteiger partial charge in [-0.2, -0.15) is 0 Å². The molecule has 1 amide bonds. The van der Waals surface area contributed by atoms with Crippen molar-refractivity contribution in [3.63, 3.8) is 0 Å². The van der Waals surface area contributed by atoms with Crippen molar-refractivity contribution in [1.29, 1.82) is 0 Å². The molecule has 3 atom stereocenters. The van der Waals surface area contributed by atoms with Gasteiger partial charge < -0.3 is 24.5 Å². The molecule has 0 saturated carbocycles. The molecule has 2 aliphatic rings. The van der Waals surface area contributed by atoms with Gasteiger partial charge in [-0.15, -0.1) is 0 Å². The van der Waals surface area contributed by atoms with Crippen LogP contribution in [0.4, 0.5) is 0 Å². The van der Waals surface area contributed by atoms with E-state index in [2.05, 4.69) is 14.8 Å². The Morgan fingerprint density at radius 1 is 1.68 bits per heavy atom. The SMILES string of the molecule is C[C@]1(/C=N\OCc2cc([O-])no2)[C@H](C(=O)O)N2C(=O)C[C@H]2S1(=O)=O.[Na+]. The molecule has 3 rings (SSSR count). The molecule has 3 heterocycles. The second-order valence-electron chi connectivity index (χ2n) is 5.57. The number of β-lactam (4-membered cyclic amide) rings is 1. The van der Waals surface area contributed by atoms with Crippen molar-refractivity contribution in [3.8, 4) is 5.88 Å². The summed E-state index contributed by atoms with van der Waals surface area (Å²) >= 11 is 0. The Morgan fingerprint density at radius 3 is 2.88 bits per heavy atom. The fourth-order valence-electron chi connectivity index (χ4n) is 2.81. The van der Waals surface area contributed by atoms with Gasteiger partial charge in [0.15, 0.2) is 28.2 Å². The molecule has 130 valence electrons. The van der Waals surface area contributed by atoms with E-state index in [1.807, 2.05) is 0 Å². The van der Waals surface area contributed by atoms with Crippen LogP contribution in [-0.2, 0) is 30.9 Å². The number of sulfone groups is 1. The van der Waals surface area contributed by atoms with Crippen molar-refractivity contribution in [2.24, 2.45) is 5.16 Å². The maximum absolute atomic E-state index is 12.5. The van der Waals surface area contributed by atoms with E-state index >= 15 is 0 Å². The van der Waals surface area contributed by atoms with Crippen LogP contribution in [0.1, 0.15) is 19.1 Å². The summed E-state index contributed by atoms with van der Waals surface area (Å²) < 4.78 is 27.7. The molecule has 0 radical (unpaired) electrons. The summed E-state index contributed by atoms with van der Waals surface area (Å²) in [5, 5.41) is 25.6. The molecule has 2 fully saturated rings. The van der Waals surface area contributed by atoms with E-state index in [4.69, 9.17) is 4.84 Å². The Kier molecular flexibility index (Phi) is 5.19. The second kappa shape index (κ2) is 6.59. The summed E-state index contributed by atoms with van der Waals surface area (Å²) in [6.07, 6.45) is 0.599. The topological polar surface area (TPSA) is 162 Å². The van der Waals surface area contributed by atoms with Gasteiger partial charge in [0, 0.05) is 5.88 Å². The van der Waals surface area contributed by atoms with E-state index in [0.717, 1.165) is 17.2 Å². The molecular weight excluding hydrogens is 369 g/mol. The number of nitrogens with zero attached hydrogens (tertiary/aromatic N) is 3. The van der Waals surface area contributed by atoms with Crippen LogP contribution >= 0.6 is 0 Å². The first kappa shape index (κ1) is 19.7. The summed E-state index contributed by atoms with van der Waals surface area (Å²) in [6, 6.07) is -0.520. The average Bonchev–Trinajstić information content (AvgIpc) is 2.95. The van der Waals surface area contributed by atoms with Crippen molar-refractivity contribution in [2.75, 3.05) is 0 Å². The Hall–Kier alpha value is -1.63. The van der Waals surface area contributed by atoms with Gasteiger partial charge in [0.25, 0.3) is 0 Å². The van der Waals surface area contributed by atoms with Crippen molar-refractivity contribution < 1.29 is 67.1 Å². The summed E-state index contributed by atoms with van der Waals surface area (Å²) in [5.41, 5.74) is 0. The van der Waals surface area contributed by atoms with Gasteiger partial charge in [-0.25, -0.2) is 13.2 Å². The minimum absolute atomic E-state index is 0. The van der Waals surface area contributed by atoms with Crippen molar-refractivity contribution in [3.05, 3.63) is 11.8 Å². The minimum Gasteiger partial charge on any atom is -0.856 e. The zero-order valence-corrected chi connectivity index (χ0v) is 16.1. The van der Waals surface area contributed by atoms with Gasteiger partial charge in [-0.05, 0) is 13.0 Å². The van der Waals surface area contributed by atoms with Crippen LogP contribution in [0.25, 0.3) is 0 Å². The summed E-state index contributed by atoms with van der Waals surface area (Å²) in [6.45, 7) is 0.884. The Bertz CT molecular complexity index is 837. The number of amides is 1. The molecule has 0 aliphatic carbocycles. The molecule has 1 aromatic heterocycles. The van der Waals surface area contributed by atoms with E-state index in [1.54, 1.807) is 0 Å². The number of rotatable bonds is 5. The second-order valence-corrected chi connectivity index (χ2v) is 8.08. The number of carbonyl (C=O) groups is 2. The van der Waals surface area contributed by atoms with Crippen LogP contribution in [0.3, 0.4) is 0 Å². The van der Waals surface area contributed by atoms with Crippen molar-refractivity contribution in [2.45, 2.75) is 36.1 Å². The largest absolute Gasteiger partial charge is 1.00 e. The number of carbonyl (C=O) groups excluding carboxylic acids is 1. The molecule has 25 heavy (non-hydrogen) atoms. The fourth-order valence-corrected chi connectivity index (χ4v) is 5.01. The first-order valence-electron chi connectivity index (χ1n) is 6.75. The third-order valence-corrected chi connectivity index (χ3v) is 6.77. The number of aliphatic carboxylic acids is 1. The Balaban J connectivity index is 0.00000225. The van der Waals surface area contributed by atoms with E-state index < -0.39 is 43.8 Å². The first-order valence-corrected chi connectivity index (χ1v) is 8.29. The number of oxime groups is 1. The van der Waals surface area contributed by atoms with Gasteiger partial charge in [0.05, 0.1) is 12.6 Å². The molecule has 0 unspecified atom stereocenters. The Morgan fingerprint density at radius 2 is 2.36 bits per heavy atom. The van der Waals surface area contributed by atoms with Crippen LogP contribution in [0, 0.1) is 0 Å². The average molecular weight is 381 g/mol. The zero-order chi connectivity index (χ0) is 17.7. The standard InChI is InChI=1S/C12H13N3O8S.Na/c1-12(5-13-22-4-6-2-7(16)14-23-6)10(11(18)19)15-8(17)3-9(15)24(12,20)21;/h2,5,9-10H,3-4H2,1H3,(H,14,16)(H,18,19);/q;+1/p-1/b13-5-;/t9-,10+,12+;/m1./s1. The van der Waals surface area contributed by atoms with Crippen LogP contribution in [-0.4, -0.2) is 57.8 Å². The Labute approximate surface area is 163 Å². The van der Waals surface area contributed by atoms with Gasteiger partial charge >= 0.3 is 35.5 Å². The molecule has 2 aliphatic heterocycles. The van der Waals surface area contributed by atoms with Crippen LogP contribution in [0.2, 0.25) is 0 Å². The van der Waals surface area contributed by atoms with E-state index in [-0.39, 0.29) is 48.3 Å². The molecule has 2 saturated heterocycles. The van der Waals surface area contributed by atoms with Crippen LogP contribution in [0.15, 0.2) is 15.7 Å². The molecular formula is C12H12N3NaO8S. The third-order valence-electron chi connectivity index (χ3n) is 4.10. The van der Waals surface area contributed by atoms with Crippen LogP contribution in [0.5, 0.6) is 5.88 Å². The third kappa shape index (κ3) is 2.92. The molecule has 11 nitrogen and oxygen atoms in total. The van der Waals surface area contributed by atoms with Gasteiger partial charge in [0.2, 0.25) is 5.91 Å². The molecule has 0 spiro atoms. The summed E-state index contributed by atoms with van der Waals surface area (Å²) in [4.78, 5) is 28.7. The number of aromatic nitrogens is 1. The first-order chi connectivity index (χ1) is 11.2. The normalized spacial score (nSPS) is 29.8. The van der Waals surface area contributed by atoms with Crippen LogP contribution < -0.4 is 34.7 Å². The number of hydrogen-bond acceptors (Lipinski definition) is 9. The molecule has 13 heteroatoms. The quantitative estimate of drug-likeness (QED) is 0.229. The number of carboxylic acid groups (broad SMARTS) is 1. The van der Waals surface area contributed by atoms with Crippen molar-refractivity contribution >= 4 is 27.9 Å². The van der Waals surface area contributed by atoms with Gasteiger partial charge in [0.1, 0.15) is 10.1 Å². The van der Waals surface area contributed by atoms with Gasteiger partial charge in [-0.1, -0.05) is 10.3 Å². The summed E-state index contributed by atoms with van der Waals surface area (Å²) in [5.74, 6) is -2.52. The maximum atomic E-state index is 12.5. The number of hydrogen-bond donors (Lipinski definition) is 1. The predicted molar refractivity (Wildman–Crippen MR) is 73.2 cm³/mol. The molecule has 0 aromatic carbocycles. The van der Waals surface area contributed by atoms with Gasteiger partial charge in [-0.3, -0.25) is 4.79 Å². The smallest absolute Gasteiger partial charge is 0.856 e. The molecule has 1 N–H and O–H groups in total. The number of carboxylic acids is 1. The number of fused-ring (bicyclic) bond motifs is 1.